The van der Waals surface area contributed by atoms with E-state index >= 15 is 0 Å². The first-order valence-corrected chi connectivity index (χ1v) is 13.2. The van der Waals surface area contributed by atoms with E-state index in [-0.39, 0.29) is 11.5 Å². The van der Waals surface area contributed by atoms with Gasteiger partial charge in [0.25, 0.3) is 0 Å². The van der Waals surface area contributed by atoms with Gasteiger partial charge in [0.05, 0.1) is 6.10 Å². The molecule has 4 aliphatic carbocycles. The highest BCUT2D eigenvalue weighted by atomic mass is 16.6. The number of ether oxygens (including phenoxy) is 1. The second kappa shape index (κ2) is 8.44. The van der Waals surface area contributed by atoms with Crippen molar-refractivity contribution in [2.45, 2.75) is 111 Å². The summed E-state index contributed by atoms with van der Waals surface area (Å²) < 4.78 is 5.48. The van der Waals surface area contributed by atoms with Crippen LogP contribution in [-0.2, 0) is 4.74 Å². The van der Waals surface area contributed by atoms with Gasteiger partial charge < -0.3 is 14.9 Å². The Labute approximate surface area is 191 Å². The van der Waals surface area contributed by atoms with E-state index in [0.29, 0.717) is 29.6 Å². The van der Waals surface area contributed by atoms with Gasteiger partial charge in [0.1, 0.15) is 0 Å². The average Bonchev–Trinajstić information content (AvgIpc) is 3.09. The van der Waals surface area contributed by atoms with Gasteiger partial charge in [0.2, 0.25) is 0 Å². The summed E-state index contributed by atoms with van der Waals surface area (Å²) in [5.41, 5.74) is 2.07. The minimum absolute atomic E-state index is 0.152. The highest BCUT2D eigenvalue weighted by molar-refractivity contribution is 5.26. The Bertz CT molecular complexity index is 686. The van der Waals surface area contributed by atoms with Crippen molar-refractivity contribution in [1.29, 1.82) is 0 Å². The number of hydrogen-bond acceptors (Lipinski definition) is 3. The van der Waals surface area contributed by atoms with Crippen molar-refractivity contribution in [3.05, 3.63) is 11.6 Å². The Morgan fingerprint density at radius 3 is 2.45 bits per heavy atom. The number of hydrogen-bond donors (Lipinski definition) is 2. The molecule has 0 spiro atoms. The molecular weight excluding hydrogens is 384 g/mol. The van der Waals surface area contributed by atoms with E-state index < -0.39 is 5.79 Å². The van der Waals surface area contributed by atoms with Crippen LogP contribution in [0.1, 0.15) is 98.8 Å². The fourth-order valence-electron chi connectivity index (χ4n) is 8.73. The molecule has 3 saturated carbocycles. The third-order valence-corrected chi connectivity index (χ3v) is 10.9. The van der Waals surface area contributed by atoms with Crippen LogP contribution >= 0.6 is 0 Å². The Morgan fingerprint density at radius 2 is 1.77 bits per heavy atom. The summed E-state index contributed by atoms with van der Waals surface area (Å²) in [6.45, 7) is 11.9. The van der Waals surface area contributed by atoms with Gasteiger partial charge in [-0.2, -0.15) is 0 Å². The summed E-state index contributed by atoms with van der Waals surface area (Å²) in [5.74, 6) is 3.07. The van der Waals surface area contributed by atoms with Crippen molar-refractivity contribution in [2.24, 2.45) is 46.3 Å². The molecule has 0 amide bonds. The predicted octanol–water partition coefficient (Wildman–Crippen LogP) is 6.33. The molecule has 0 saturated heterocycles. The van der Waals surface area contributed by atoms with Crippen LogP contribution in [-0.4, -0.2) is 29.2 Å². The molecule has 0 radical (unpaired) electrons. The Hall–Kier alpha value is -0.380. The van der Waals surface area contributed by atoms with Crippen molar-refractivity contribution >= 4 is 0 Å². The van der Waals surface area contributed by atoms with Crippen LogP contribution in [0.15, 0.2) is 11.6 Å². The summed E-state index contributed by atoms with van der Waals surface area (Å²) >= 11 is 0. The van der Waals surface area contributed by atoms with E-state index in [1.54, 1.807) is 7.11 Å². The molecule has 3 fully saturated rings. The van der Waals surface area contributed by atoms with Gasteiger partial charge in [-0.05, 0) is 97.7 Å². The topological polar surface area (TPSA) is 49.7 Å². The zero-order valence-electron chi connectivity index (χ0n) is 21.0. The van der Waals surface area contributed by atoms with Gasteiger partial charge in [-0.3, -0.25) is 0 Å². The number of aliphatic hydroxyl groups excluding tert-OH is 1. The van der Waals surface area contributed by atoms with Crippen molar-refractivity contribution in [3.8, 4) is 0 Å². The van der Waals surface area contributed by atoms with Gasteiger partial charge in [0.15, 0.2) is 5.79 Å². The SMILES string of the molecule is CO[C@]1(O)CC[C@@]2(C)C(=CC[C@H]3[C@@H]4CC[C@H]([C@H](C)C(O)CCC(C)C)[C@@]4(C)CC[C@@H]32)C1. The van der Waals surface area contributed by atoms with Gasteiger partial charge in [0, 0.05) is 20.0 Å². The molecule has 2 N–H and O–H groups in total. The number of aliphatic hydroxyl groups is 2. The zero-order chi connectivity index (χ0) is 22.6. The molecule has 0 aliphatic heterocycles. The smallest absolute Gasteiger partial charge is 0.168 e. The Balaban J connectivity index is 1.52. The second-order valence-electron chi connectivity index (χ2n) is 12.7. The first kappa shape index (κ1) is 23.8. The van der Waals surface area contributed by atoms with Gasteiger partial charge in [-0.25, -0.2) is 0 Å². The maximum Gasteiger partial charge on any atom is 0.168 e. The quantitative estimate of drug-likeness (QED) is 0.381. The van der Waals surface area contributed by atoms with E-state index in [2.05, 4.69) is 40.7 Å². The lowest BCUT2D eigenvalue weighted by Crippen LogP contribution is -2.53. The highest BCUT2D eigenvalue weighted by Crippen LogP contribution is 2.67. The maximum absolute atomic E-state index is 11.0. The first-order valence-electron chi connectivity index (χ1n) is 13.2. The van der Waals surface area contributed by atoms with Crippen molar-refractivity contribution < 1.29 is 14.9 Å². The van der Waals surface area contributed by atoms with E-state index in [1.807, 2.05) is 0 Å². The predicted molar refractivity (Wildman–Crippen MR) is 126 cm³/mol. The second-order valence-corrected chi connectivity index (χ2v) is 12.7. The van der Waals surface area contributed by atoms with Crippen LogP contribution in [0, 0.1) is 46.3 Å². The van der Waals surface area contributed by atoms with E-state index in [4.69, 9.17) is 4.74 Å². The largest absolute Gasteiger partial charge is 0.393 e. The summed E-state index contributed by atoms with van der Waals surface area (Å²) in [6.07, 6.45) is 13.3. The molecule has 4 rings (SSSR count). The molecule has 0 bridgehead atoms. The third kappa shape index (κ3) is 3.95. The van der Waals surface area contributed by atoms with Crippen LogP contribution in [0.2, 0.25) is 0 Å². The molecule has 178 valence electrons. The molecule has 9 atom stereocenters. The summed E-state index contributed by atoms with van der Waals surface area (Å²) in [7, 11) is 1.65. The van der Waals surface area contributed by atoms with Crippen LogP contribution < -0.4 is 0 Å². The third-order valence-electron chi connectivity index (χ3n) is 10.9. The molecular formula is C28H48O3. The minimum Gasteiger partial charge on any atom is -0.393 e. The number of fused-ring (bicyclic) bond motifs is 5. The van der Waals surface area contributed by atoms with E-state index in [1.165, 1.54) is 37.7 Å². The Morgan fingerprint density at radius 1 is 1.03 bits per heavy atom. The molecule has 3 heteroatoms. The van der Waals surface area contributed by atoms with Crippen LogP contribution in [0.3, 0.4) is 0 Å². The lowest BCUT2D eigenvalue weighted by Gasteiger charge is -2.59. The average molecular weight is 433 g/mol. The molecule has 0 aromatic carbocycles. The number of rotatable bonds is 6. The summed E-state index contributed by atoms with van der Waals surface area (Å²) in [4.78, 5) is 0. The molecule has 1 unspecified atom stereocenters. The standard InChI is InChI=1S/C28H48O3/c1-18(2)7-12-25(29)19(3)22-10-11-23-21-9-8-20-17-28(30,31-6)16-15-26(20,4)24(21)13-14-27(22,23)5/h8,18-19,21-25,29-30H,7,9-17H2,1-6H3/t19-,21-,22+,23-,24-,25?,26-,27+,28+/m0/s1. The van der Waals surface area contributed by atoms with Gasteiger partial charge in [-0.1, -0.05) is 46.3 Å². The molecule has 0 heterocycles. The molecule has 0 aromatic heterocycles. The summed E-state index contributed by atoms with van der Waals surface area (Å²) in [5, 5.41) is 21.7. The van der Waals surface area contributed by atoms with E-state index in [0.717, 1.165) is 43.4 Å². The lowest BCUT2D eigenvalue weighted by atomic mass is 9.46. The zero-order valence-corrected chi connectivity index (χ0v) is 21.0. The minimum atomic E-state index is -0.957. The van der Waals surface area contributed by atoms with Crippen molar-refractivity contribution in [3.63, 3.8) is 0 Å². The fraction of sp³-hybridized carbons (Fsp3) is 0.929. The molecule has 3 nitrogen and oxygen atoms in total. The molecule has 4 aliphatic rings. The van der Waals surface area contributed by atoms with Gasteiger partial charge >= 0.3 is 0 Å². The van der Waals surface area contributed by atoms with Crippen LogP contribution in [0.4, 0.5) is 0 Å². The molecule has 31 heavy (non-hydrogen) atoms. The maximum atomic E-state index is 11.0. The van der Waals surface area contributed by atoms with Crippen molar-refractivity contribution in [2.75, 3.05) is 7.11 Å². The van der Waals surface area contributed by atoms with Crippen LogP contribution in [0.5, 0.6) is 0 Å². The lowest BCUT2D eigenvalue weighted by molar-refractivity contribution is -0.209. The molecule has 0 aromatic rings. The first-order chi connectivity index (χ1) is 14.5. The number of allylic oxidation sites excluding steroid dienone is 1. The van der Waals surface area contributed by atoms with Crippen molar-refractivity contribution in [1.82, 2.24) is 0 Å². The highest BCUT2D eigenvalue weighted by Gasteiger charge is 2.60. The van der Waals surface area contributed by atoms with E-state index in [9.17, 15) is 10.2 Å². The van der Waals surface area contributed by atoms with Crippen LogP contribution in [0.25, 0.3) is 0 Å². The normalized spacial score (nSPS) is 46.7. The fourth-order valence-corrected chi connectivity index (χ4v) is 8.73. The van der Waals surface area contributed by atoms with Gasteiger partial charge in [-0.15, -0.1) is 0 Å². The number of methoxy groups -OCH3 is 1. The summed E-state index contributed by atoms with van der Waals surface area (Å²) in [6, 6.07) is 0. The Kier molecular flexibility index (Phi) is 6.47. The monoisotopic (exact) mass is 432 g/mol.